The van der Waals surface area contributed by atoms with Crippen molar-refractivity contribution in [2.45, 2.75) is 213 Å². The zero-order chi connectivity index (χ0) is 43.7. The van der Waals surface area contributed by atoms with E-state index in [0.29, 0.717) is 19.3 Å². The SMILES string of the molecule is CC/C=C\C/C=C\C/C=C\C/C=C\C/C=C\C/C=C\CCC(=O)OCC(COC(=O)CCCCCCC/C=C\CCC)OC(=O)CCCCCCC/C=C\CCCCCC. The number of esters is 3. The van der Waals surface area contributed by atoms with E-state index in [2.05, 4.69) is 106 Å². The Bertz CT molecular complexity index is 1230. The highest BCUT2D eigenvalue weighted by atomic mass is 16.6. The second-order valence-electron chi connectivity index (χ2n) is 15.6. The molecule has 6 nitrogen and oxygen atoms in total. The van der Waals surface area contributed by atoms with Gasteiger partial charge in [0, 0.05) is 19.3 Å². The van der Waals surface area contributed by atoms with Crippen LogP contribution < -0.4 is 0 Å². The summed E-state index contributed by atoms with van der Waals surface area (Å²) in [6.07, 6.45) is 62.6. The maximum absolute atomic E-state index is 12.7. The first kappa shape index (κ1) is 56.3. The van der Waals surface area contributed by atoms with Gasteiger partial charge in [-0.15, -0.1) is 0 Å². The lowest BCUT2D eigenvalue weighted by molar-refractivity contribution is -0.166. The van der Waals surface area contributed by atoms with Gasteiger partial charge in [-0.2, -0.15) is 0 Å². The molecule has 0 aliphatic rings. The van der Waals surface area contributed by atoms with E-state index >= 15 is 0 Å². The minimum absolute atomic E-state index is 0.110. The summed E-state index contributed by atoms with van der Waals surface area (Å²) in [6, 6.07) is 0. The first-order valence-corrected chi connectivity index (χ1v) is 24.2. The molecule has 0 saturated heterocycles. The summed E-state index contributed by atoms with van der Waals surface area (Å²) < 4.78 is 16.6. The average Bonchev–Trinajstić information content (AvgIpc) is 3.24. The predicted molar refractivity (Wildman–Crippen MR) is 256 cm³/mol. The van der Waals surface area contributed by atoms with Crippen LogP contribution in [0.4, 0.5) is 0 Å². The average molecular weight is 833 g/mol. The third-order valence-electron chi connectivity index (χ3n) is 9.79. The smallest absolute Gasteiger partial charge is 0.306 e. The molecular formula is C54H88O6. The molecule has 0 N–H and O–H groups in total. The summed E-state index contributed by atoms with van der Waals surface area (Å²) in [7, 11) is 0. The highest BCUT2D eigenvalue weighted by Gasteiger charge is 2.19. The van der Waals surface area contributed by atoms with Gasteiger partial charge >= 0.3 is 17.9 Å². The summed E-state index contributed by atoms with van der Waals surface area (Å²) in [5.41, 5.74) is 0. The van der Waals surface area contributed by atoms with Crippen LogP contribution in [0, 0.1) is 0 Å². The van der Waals surface area contributed by atoms with Gasteiger partial charge in [0.2, 0.25) is 0 Å². The second kappa shape index (κ2) is 48.0. The summed E-state index contributed by atoms with van der Waals surface area (Å²) >= 11 is 0. The van der Waals surface area contributed by atoms with Gasteiger partial charge in [0.1, 0.15) is 13.2 Å². The number of ether oxygens (including phenoxy) is 3. The molecule has 0 aliphatic carbocycles. The van der Waals surface area contributed by atoms with E-state index < -0.39 is 6.10 Å². The summed E-state index contributed by atoms with van der Waals surface area (Å²) in [6.45, 7) is 6.34. The Labute approximate surface area is 368 Å². The molecule has 0 aliphatic heterocycles. The highest BCUT2D eigenvalue weighted by molar-refractivity contribution is 5.71. The van der Waals surface area contributed by atoms with Gasteiger partial charge in [-0.05, 0) is 103 Å². The lowest BCUT2D eigenvalue weighted by Crippen LogP contribution is -2.30. The van der Waals surface area contributed by atoms with Crippen LogP contribution in [0.2, 0.25) is 0 Å². The lowest BCUT2D eigenvalue weighted by Gasteiger charge is -2.18. The van der Waals surface area contributed by atoms with Gasteiger partial charge in [0.15, 0.2) is 6.10 Å². The molecule has 6 heteroatoms. The van der Waals surface area contributed by atoms with Gasteiger partial charge in [0.25, 0.3) is 0 Å². The Hall–Kier alpha value is -3.67. The number of rotatable bonds is 42. The van der Waals surface area contributed by atoms with Gasteiger partial charge in [0.05, 0.1) is 0 Å². The molecule has 60 heavy (non-hydrogen) atoms. The normalized spacial score (nSPS) is 12.9. The molecule has 0 spiro atoms. The largest absolute Gasteiger partial charge is 0.462 e. The van der Waals surface area contributed by atoms with Crippen LogP contribution in [-0.2, 0) is 28.6 Å². The van der Waals surface area contributed by atoms with Crippen molar-refractivity contribution in [1.29, 1.82) is 0 Å². The minimum atomic E-state index is -0.814. The number of carbonyl (C=O) groups excluding carboxylic acids is 3. The standard InChI is InChI=1S/C54H88O6/c1-4-7-10-13-16-19-22-24-25-26-27-28-29-31-32-35-38-41-44-47-53(56)59-50-51(49-58-52(55)46-43-40-37-34-21-18-15-12-9-6-3)60-54(57)48-45-42-39-36-33-30-23-20-17-14-11-8-5-2/h7,10,12,15-16,19-20,23-25,27-28,31-32,38,41,51H,4-6,8-9,11,13-14,17-18,21-22,26,29-30,33-37,39-40,42-50H2,1-3H3/b10-7-,15-12-,19-16-,23-20-,25-24-,28-27-,32-31-,41-38-. The van der Waals surface area contributed by atoms with Crippen molar-refractivity contribution in [1.82, 2.24) is 0 Å². The van der Waals surface area contributed by atoms with Crippen LogP contribution in [-0.4, -0.2) is 37.2 Å². The quantitative estimate of drug-likeness (QED) is 0.0264. The van der Waals surface area contributed by atoms with E-state index in [1.165, 1.54) is 51.4 Å². The fourth-order valence-electron chi connectivity index (χ4n) is 6.17. The topological polar surface area (TPSA) is 78.9 Å². The molecule has 0 aromatic carbocycles. The van der Waals surface area contributed by atoms with Crippen molar-refractivity contribution < 1.29 is 28.6 Å². The third kappa shape index (κ3) is 45.4. The Kier molecular flexibility index (Phi) is 45.1. The Morgan fingerprint density at radius 3 is 1.18 bits per heavy atom. The Balaban J connectivity index is 4.50. The molecule has 0 fully saturated rings. The number of carbonyl (C=O) groups is 3. The molecule has 340 valence electrons. The van der Waals surface area contributed by atoms with E-state index in [4.69, 9.17) is 14.2 Å². The van der Waals surface area contributed by atoms with Crippen molar-refractivity contribution in [2.24, 2.45) is 0 Å². The summed E-state index contributed by atoms with van der Waals surface area (Å²) in [5, 5.41) is 0. The van der Waals surface area contributed by atoms with E-state index in [0.717, 1.165) is 109 Å². The van der Waals surface area contributed by atoms with Crippen LogP contribution in [0.15, 0.2) is 97.2 Å². The Morgan fingerprint density at radius 2 is 0.717 bits per heavy atom. The fraction of sp³-hybridized carbons (Fsp3) is 0.648. The molecule has 1 atom stereocenters. The molecule has 0 aromatic rings. The third-order valence-corrected chi connectivity index (χ3v) is 9.79. The van der Waals surface area contributed by atoms with Crippen molar-refractivity contribution in [2.75, 3.05) is 13.2 Å². The zero-order valence-electron chi connectivity index (χ0n) is 38.7. The van der Waals surface area contributed by atoms with Crippen molar-refractivity contribution in [3.63, 3.8) is 0 Å². The molecule has 0 aromatic heterocycles. The number of hydrogen-bond acceptors (Lipinski definition) is 6. The number of allylic oxidation sites excluding steroid dienone is 16. The lowest BCUT2D eigenvalue weighted by atomic mass is 10.1. The van der Waals surface area contributed by atoms with Gasteiger partial charge < -0.3 is 14.2 Å². The predicted octanol–water partition coefficient (Wildman–Crippen LogP) is 15.8. The Morgan fingerprint density at radius 1 is 0.350 bits per heavy atom. The molecule has 0 radical (unpaired) electrons. The number of hydrogen-bond donors (Lipinski definition) is 0. The first-order valence-electron chi connectivity index (χ1n) is 24.2. The minimum Gasteiger partial charge on any atom is -0.462 e. The van der Waals surface area contributed by atoms with Crippen LogP contribution in [0.3, 0.4) is 0 Å². The van der Waals surface area contributed by atoms with Crippen LogP contribution in [0.5, 0.6) is 0 Å². The molecule has 0 rings (SSSR count). The summed E-state index contributed by atoms with van der Waals surface area (Å²) in [5.74, 6) is -1.02. The van der Waals surface area contributed by atoms with E-state index in [-0.39, 0.29) is 37.5 Å². The monoisotopic (exact) mass is 833 g/mol. The van der Waals surface area contributed by atoms with Crippen LogP contribution in [0.1, 0.15) is 207 Å². The van der Waals surface area contributed by atoms with Gasteiger partial charge in [-0.25, -0.2) is 0 Å². The van der Waals surface area contributed by atoms with Crippen LogP contribution >= 0.6 is 0 Å². The zero-order valence-corrected chi connectivity index (χ0v) is 38.7. The summed E-state index contributed by atoms with van der Waals surface area (Å²) in [4.78, 5) is 37.8. The molecule has 0 heterocycles. The van der Waals surface area contributed by atoms with Gasteiger partial charge in [-0.1, -0.05) is 182 Å². The van der Waals surface area contributed by atoms with Crippen molar-refractivity contribution in [3.05, 3.63) is 97.2 Å². The molecule has 0 amide bonds. The van der Waals surface area contributed by atoms with E-state index in [1.807, 2.05) is 12.2 Å². The number of unbranched alkanes of at least 4 members (excludes halogenated alkanes) is 15. The fourth-order valence-corrected chi connectivity index (χ4v) is 6.17. The first-order chi connectivity index (χ1) is 29.5. The van der Waals surface area contributed by atoms with E-state index in [9.17, 15) is 14.4 Å². The highest BCUT2D eigenvalue weighted by Crippen LogP contribution is 2.12. The molecule has 0 bridgehead atoms. The molecule has 0 saturated carbocycles. The molecular weight excluding hydrogens is 745 g/mol. The molecule has 1 unspecified atom stereocenters. The maximum atomic E-state index is 12.7. The van der Waals surface area contributed by atoms with E-state index in [1.54, 1.807) is 0 Å². The van der Waals surface area contributed by atoms with Crippen LogP contribution in [0.25, 0.3) is 0 Å². The van der Waals surface area contributed by atoms with Gasteiger partial charge in [-0.3, -0.25) is 14.4 Å². The van der Waals surface area contributed by atoms with Crippen molar-refractivity contribution in [3.8, 4) is 0 Å². The second-order valence-corrected chi connectivity index (χ2v) is 15.6. The van der Waals surface area contributed by atoms with Crippen molar-refractivity contribution >= 4 is 17.9 Å². The maximum Gasteiger partial charge on any atom is 0.306 e.